The molecule has 272 valence electrons. The highest BCUT2D eigenvalue weighted by Crippen LogP contribution is 2.38. The number of nitro benzene ring substituents is 1. The molecule has 3 aromatic carbocycles. The number of non-ortho nitro benzene ring substituents is 1. The molecule has 0 N–H and O–H groups in total. The molecule has 1 aromatic heterocycles. The molecule has 16 heteroatoms. The van der Waals surface area contributed by atoms with Gasteiger partial charge in [-0.1, -0.05) is 29.5 Å². The van der Waals surface area contributed by atoms with Crippen molar-refractivity contribution in [2.75, 3.05) is 34.0 Å². The first-order valence-electron chi connectivity index (χ1n) is 15.9. The number of nitrogens with zero attached hydrogens (tertiary/aromatic N) is 3. The van der Waals surface area contributed by atoms with Gasteiger partial charge in [-0.25, -0.2) is 14.6 Å². The van der Waals surface area contributed by atoms with E-state index < -0.39 is 28.5 Å². The normalized spacial score (nSPS) is 13.9. The van der Waals surface area contributed by atoms with Gasteiger partial charge < -0.3 is 28.4 Å². The number of benzene rings is 3. The number of nitro groups is 1. The molecule has 0 spiro atoms. The van der Waals surface area contributed by atoms with E-state index in [0.717, 1.165) is 11.3 Å². The van der Waals surface area contributed by atoms with E-state index in [-0.39, 0.29) is 43.4 Å². The molecule has 1 atom stereocenters. The Bertz CT molecular complexity index is 2250. The van der Waals surface area contributed by atoms with Crippen LogP contribution in [0, 0.1) is 10.1 Å². The van der Waals surface area contributed by atoms with Crippen molar-refractivity contribution >= 4 is 51.0 Å². The summed E-state index contributed by atoms with van der Waals surface area (Å²) in [5.41, 5.74) is 1.82. The van der Waals surface area contributed by atoms with Crippen molar-refractivity contribution in [3.05, 3.63) is 117 Å². The van der Waals surface area contributed by atoms with E-state index in [0.29, 0.717) is 53.4 Å². The van der Waals surface area contributed by atoms with Gasteiger partial charge in [-0.05, 0) is 83.7 Å². The van der Waals surface area contributed by atoms with Gasteiger partial charge in [0, 0.05) is 12.1 Å². The highest BCUT2D eigenvalue weighted by Gasteiger charge is 2.34. The van der Waals surface area contributed by atoms with E-state index in [1.165, 1.54) is 30.9 Å². The van der Waals surface area contributed by atoms with Gasteiger partial charge in [-0.15, -0.1) is 0 Å². The number of rotatable bonds is 14. The zero-order valence-electron chi connectivity index (χ0n) is 28.8. The van der Waals surface area contributed by atoms with E-state index >= 15 is 0 Å². The Kier molecular flexibility index (Phi) is 12.1. The quantitative estimate of drug-likeness (QED) is 0.0957. The first-order chi connectivity index (χ1) is 25.0. The Labute approximate surface area is 309 Å². The minimum Gasteiger partial charge on any atom is -0.493 e. The average molecular weight is 797 g/mol. The lowest BCUT2D eigenvalue weighted by Crippen LogP contribution is -2.40. The van der Waals surface area contributed by atoms with Crippen LogP contribution in [0.3, 0.4) is 0 Å². The molecule has 0 unspecified atom stereocenters. The van der Waals surface area contributed by atoms with E-state index in [1.54, 1.807) is 69.3 Å². The Morgan fingerprint density at radius 1 is 1.02 bits per heavy atom. The summed E-state index contributed by atoms with van der Waals surface area (Å²) >= 11 is 4.68. The van der Waals surface area contributed by atoms with Gasteiger partial charge >= 0.3 is 11.9 Å². The largest absolute Gasteiger partial charge is 0.493 e. The number of aromatic nitrogens is 1. The maximum Gasteiger partial charge on any atom is 0.343 e. The lowest BCUT2D eigenvalue weighted by Gasteiger charge is -2.25. The van der Waals surface area contributed by atoms with Crippen LogP contribution >= 0.6 is 27.3 Å². The molecule has 0 radical (unpaired) electrons. The minimum atomic E-state index is -0.933. The number of ether oxygens (including phenoxy) is 6. The average Bonchev–Trinajstić information content (AvgIpc) is 3.43. The molecule has 4 aromatic rings. The molecule has 5 rings (SSSR count). The summed E-state index contributed by atoms with van der Waals surface area (Å²) in [6, 6.07) is 13.6. The Morgan fingerprint density at radius 2 is 1.81 bits per heavy atom. The van der Waals surface area contributed by atoms with Crippen molar-refractivity contribution in [2.24, 2.45) is 4.99 Å². The molecule has 0 saturated carbocycles. The number of esters is 2. The van der Waals surface area contributed by atoms with E-state index in [1.807, 2.05) is 0 Å². The molecule has 1 aliphatic rings. The molecule has 2 heterocycles. The number of allylic oxidation sites excluding steroid dienone is 1. The second kappa shape index (κ2) is 16.7. The van der Waals surface area contributed by atoms with E-state index in [4.69, 9.17) is 23.7 Å². The van der Waals surface area contributed by atoms with Gasteiger partial charge in [0.05, 0.1) is 58.7 Å². The highest BCUT2D eigenvalue weighted by atomic mass is 79.9. The summed E-state index contributed by atoms with van der Waals surface area (Å²) in [5, 5.41) is 11.2. The number of fused-ring (bicyclic) bond motifs is 1. The van der Waals surface area contributed by atoms with Crippen molar-refractivity contribution in [1.82, 2.24) is 4.57 Å². The van der Waals surface area contributed by atoms with Crippen molar-refractivity contribution in [3.8, 4) is 23.0 Å². The van der Waals surface area contributed by atoms with Gasteiger partial charge in [0.15, 0.2) is 34.4 Å². The Balaban J connectivity index is 1.57. The SMILES string of the molecule is CCOC(=O)C1=C(C)N=c2s/c(=C\c3cc(Br)c(OCc4cccc([N+](=O)[O-])c4)c(OC)c3)c(=O)n2[C@@H]1c1ccc(OCC(=O)OC)c(OCC)c1. The van der Waals surface area contributed by atoms with Crippen LogP contribution in [0.1, 0.15) is 43.5 Å². The molecule has 52 heavy (non-hydrogen) atoms. The maximum absolute atomic E-state index is 14.2. The van der Waals surface area contributed by atoms with Crippen molar-refractivity contribution < 1.29 is 42.9 Å². The minimum absolute atomic E-state index is 0.0418. The predicted molar refractivity (Wildman–Crippen MR) is 194 cm³/mol. The number of carbonyl (C=O) groups is 2. The molecule has 0 amide bonds. The fourth-order valence-electron chi connectivity index (χ4n) is 5.41. The number of halogens is 1. The van der Waals surface area contributed by atoms with Gasteiger partial charge in [-0.3, -0.25) is 19.5 Å². The van der Waals surface area contributed by atoms with Crippen LogP contribution < -0.4 is 33.8 Å². The Morgan fingerprint density at radius 3 is 2.50 bits per heavy atom. The van der Waals surface area contributed by atoms with E-state index in [2.05, 4.69) is 25.7 Å². The first-order valence-corrected chi connectivity index (χ1v) is 17.5. The lowest BCUT2D eigenvalue weighted by molar-refractivity contribution is -0.384. The number of carbonyl (C=O) groups excluding carboxylic acids is 2. The third-order valence-electron chi connectivity index (χ3n) is 7.73. The first kappa shape index (κ1) is 37.8. The lowest BCUT2D eigenvalue weighted by atomic mass is 9.95. The van der Waals surface area contributed by atoms with Gasteiger partial charge in [-0.2, -0.15) is 0 Å². The number of methoxy groups -OCH3 is 2. The number of hydrogen-bond donors (Lipinski definition) is 0. The molecule has 0 aliphatic carbocycles. The van der Waals surface area contributed by atoms with Gasteiger partial charge in [0.1, 0.15) is 6.61 Å². The zero-order chi connectivity index (χ0) is 37.5. The van der Waals surface area contributed by atoms with Crippen LogP contribution in [0.5, 0.6) is 23.0 Å². The van der Waals surface area contributed by atoms with Crippen LogP contribution in [-0.2, 0) is 25.7 Å². The van der Waals surface area contributed by atoms with Crippen LogP contribution in [0.15, 0.2) is 80.1 Å². The van der Waals surface area contributed by atoms with Gasteiger partial charge in [0.25, 0.3) is 11.2 Å². The molecule has 0 bridgehead atoms. The third-order valence-corrected chi connectivity index (χ3v) is 9.30. The molecular formula is C36H34BrN3O11S. The maximum atomic E-state index is 14.2. The number of thiazole rings is 1. The summed E-state index contributed by atoms with van der Waals surface area (Å²) in [6.07, 6.45) is 1.68. The monoisotopic (exact) mass is 795 g/mol. The van der Waals surface area contributed by atoms with E-state index in [9.17, 15) is 24.5 Å². The highest BCUT2D eigenvalue weighted by molar-refractivity contribution is 9.10. The second-order valence-corrected chi connectivity index (χ2v) is 12.9. The molecule has 0 saturated heterocycles. The molecule has 1 aliphatic heterocycles. The van der Waals surface area contributed by atoms with Crippen LogP contribution in [0.4, 0.5) is 5.69 Å². The van der Waals surface area contributed by atoms with Crippen molar-refractivity contribution in [1.29, 1.82) is 0 Å². The summed E-state index contributed by atoms with van der Waals surface area (Å²) in [6.45, 7) is 5.25. The fraction of sp³-hybridized carbons (Fsp3) is 0.278. The molecular weight excluding hydrogens is 762 g/mol. The summed E-state index contributed by atoms with van der Waals surface area (Å²) in [5.74, 6) is 0.101. The smallest absolute Gasteiger partial charge is 0.343 e. The molecule has 14 nitrogen and oxygen atoms in total. The van der Waals surface area contributed by atoms with Crippen molar-refractivity contribution in [2.45, 2.75) is 33.4 Å². The number of hydrogen-bond acceptors (Lipinski definition) is 13. The Hall–Kier alpha value is -5.48. The van der Waals surface area contributed by atoms with Crippen LogP contribution in [0.25, 0.3) is 6.08 Å². The molecule has 0 fully saturated rings. The zero-order valence-corrected chi connectivity index (χ0v) is 31.2. The fourth-order valence-corrected chi connectivity index (χ4v) is 7.04. The standard InChI is InChI=1S/C36H34BrN3O11S/c1-6-48-27-17-23(11-12-26(27)50-19-30(41)47-5)32-31(35(43)49-7-2)20(3)38-36-39(32)34(42)29(52-36)16-22-14-25(37)33(28(15-22)46-4)51-18-21-9-8-10-24(13-21)40(44)45/h8-17,32H,6-7,18-19H2,1-5H3/b29-16-/t32-/m1/s1. The summed E-state index contributed by atoms with van der Waals surface area (Å²) < 4.78 is 35.4. The topological polar surface area (TPSA) is 167 Å². The van der Waals surface area contributed by atoms with Crippen LogP contribution in [0.2, 0.25) is 0 Å². The summed E-state index contributed by atoms with van der Waals surface area (Å²) in [7, 11) is 2.73. The van der Waals surface area contributed by atoms with Crippen LogP contribution in [-0.4, -0.2) is 55.5 Å². The summed E-state index contributed by atoms with van der Waals surface area (Å²) in [4.78, 5) is 55.1. The van der Waals surface area contributed by atoms with Crippen molar-refractivity contribution in [3.63, 3.8) is 0 Å². The second-order valence-electron chi connectivity index (χ2n) is 11.1. The third kappa shape index (κ3) is 8.18. The predicted octanol–water partition coefficient (Wildman–Crippen LogP) is 5.01. The van der Waals surface area contributed by atoms with Gasteiger partial charge in [0.2, 0.25) is 0 Å².